The molecule has 2 nitrogen and oxygen atoms in total. The quantitative estimate of drug-likeness (QED) is 0.607. The average molecular weight is 392 g/mol. The molecule has 2 aromatic carbocycles. The SMILES string of the molecule is Cc1[nH]c(-c2cccc(Br)c2)nc1-c1ccccc1Br. The lowest BCUT2D eigenvalue weighted by molar-refractivity contribution is 1.25. The molecule has 1 N–H and O–H groups in total. The van der Waals surface area contributed by atoms with Gasteiger partial charge < -0.3 is 4.98 Å². The maximum absolute atomic E-state index is 4.75. The molecule has 1 aromatic heterocycles. The number of benzene rings is 2. The fourth-order valence-corrected chi connectivity index (χ4v) is 3.02. The van der Waals surface area contributed by atoms with E-state index >= 15 is 0 Å². The third kappa shape index (κ3) is 2.58. The van der Waals surface area contributed by atoms with Gasteiger partial charge in [0.25, 0.3) is 0 Å². The van der Waals surface area contributed by atoms with E-state index in [1.165, 1.54) is 0 Å². The van der Waals surface area contributed by atoms with Crippen LogP contribution >= 0.6 is 31.9 Å². The van der Waals surface area contributed by atoms with Crippen LogP contribution in [-0.4, -0.2) is 9.97 Å². The van der Waals surface area contributed by atoms with Crippen LogP contribution < -0.4 is 0 Å². The van der Waals surface area contributed by atoms with Crippen molar-refractivity contribution in [3.63, 3.8) is 0 Å². The van der Waals surface area contributed by atoms with E-state index in [4.69, 9.17) is 4.98 Å². The Morgan fingerprint density at radius 1 is 1.00 bits per heavy atom. The fraction of sp³-hybridized carbons (Fsp3) is 0.0625. The van der Waals surface area contributed by atoms with Crippen LogP contribution in [0.2, 0.25) is 0 Å². The molecular weight excluding hydrogens is 380 g/mol. The van der Waals surface area contributed by atoms with Crippen molar-refractivity contribution in [3.8, 4) is 22.6 Å². The zero-order valence-electron chi connectivity index (χ0n) is 10.8. The van der Waals surface area contributed by atoms with Crippen molar-refractivity contribution < 1.29 is 0 Å². The number of halogens is 2. The zero-order valence-corrected chi connectivity index (χ0v) is 14.0. The number of nitrogens with one attached hydrogen (secondary N) is 1. The molecule has 0 saturated carbocycles. The topological polar surface area (TPSA) is 28.7 Å². The van der Waals surface area contributed by atoms with E-state index in [1.54, 1.807) is 0 Å². The van der Waals surface area contributed by atoms with Crippen LogP contribution in [0.25, 0.3) is 22.6 Å². The van der Waals surface area contributed by atoms with Crippen LogP contribution in [0.3, 0.4) is 0 Å². The Labute approximate surface area is 134 Å². The summed E-state index contributed by atoms with van der Waals surface area (Å²) >= 11 is 7.07. The Morgan fingerprint density at radius 2 is 1.80 bits per heavy atom. The summed E-state index contributed by atoms with van der Waals surface area (Å²) in [4.78, 5) is 8.11. The molecule has 3 aromatic rings. The van der Waals surface area contributed by atoms with Crippen LogP contribution in [0.15, 0.2) is 57.5 Å². The highest BCUT2D eigenvalue weighted by molar-refractivity contribution is 9.10. The van der Waals surface area contributed by atoms with Gasteiger partial charge in [0, 0.05) is 25.8 Å². The molecule has 0 fully saturated rings. The minimum absolute atomic E-state index is 0.884. The van der Waals surface area contributed by atoms with Crippen LogP contribution in [0, 0.1) is 6.92 Å². The molecule has 0 aliphatic rings. The third-order valence-electron chi connectivity index (χ3n) is 3.11. The Kier molecular flexibility index (Phi) is 3.76. The Balaban J connectivity index is 2.10. The maximum atomic E-state index is 4.75. The second kappa shape index (κ2) is 5.54. The van der Waals surface area contributed by atoms with Gasteiger partial charge in [-0.25, -0.2) is 4.98 Å². The normalized spacial score (nSPS) is 10.8. The van der Waals surface area contributed by atoms with Gasteiger partial charge in [-0.15, -0.1) is 0 Å². The first-order valence-corrected chi connectivity index (χ1v) is 7.81. The van der Waals surface area contributed by atoms with Crippen molar-refractivity contribution in [1.29, 1.82) is 0 Å². The molecule has 0 radical (unpaired) electrons. The highest BCUT2D eigenvalue weighted by atomic mass is 79.9. The van der Waals surface area contributed by atoms with Crippen LogP contribution in [0.4, 0.5) is 0 Å². The second-order valence-electron chi connectivity index (χ2n) is 4.55. The lowest BCUT2D eigenvalue weighted by Crippen LogP contribution is -1.83. The molecule has 0 saturated heterocycles. The van der Waals surface area contributed by atoms with E-state index in [9.17, 15) is 0 Å². The molecule has 4 heteroatoms. The molecule has 0 aliphatic heterocycles. The molecule has 3 rings (SSSR count). The van der Waals surface area contributed by atoms with Crippen LogP contribution in [-0.2, 0) is 0 Å². The predicted octanol–water partition coefficient (Wildman–Crippen LogP) is 5.58. The summed E-state index contributed by atoms with van der Waals surface area (Å²) in [7, 11) is 0. The highest BCUT2D eigenvalue weighted by Gasteiger charge is 2.12. The molecule has 0 aliphatic carbocycles. The number of nitrogens with zero attached hydrogens (tertiary/aromatic N) is 1. The number of H-pyrrole nitrogens is 1. The van der Waals surface area contributed by atoms with Gasteiger partial charge in [-0.3, -0.25) is 0 Å². The van der Waals surface area contributed by atoms with Crippen molar-refractivity contribution >= 4 is 31.9 Å². The summed E-state index contributed by atoms with van der Waals surface area (Å²) in [5.74, 6) is 0.884. The van der Waals surface area contributed by atoms with Crippen LogP contribution in [0.1, 0.15) is 5.69 Å². The molecular formula is C16H12Br2N2. The van der Waals surface area contributed by atoms with E-state index in [0.29, 0.717) is 0 Å². The summed E-state index contributed by atoms with van der Waals surface area (Å²) in [6.45, 7) is 2.04. The average Bonchev–Trinajstić information content (AvgIpc) is 2.81. The molecule has 0 bridgehead atoms. The molecule has 0 spiro atoms. The van der Waals surface area contributed by atoms with Gasteiger partial charge in [0.05, 0.1) is 5.69 Å². The Bertz CT molecular complexity index is 763. The lowest BCUT2D eigenvalue weighted by Gasteiger charge is -2.01. The molecule has 0 atom stereocenters. The van der Waals surface area contributed by atoms with E-state index in [0.717, 1.165) is 37.3 Å². The lowest BCUT2D eigenvalue weighted by atomic mass is 10.1. The van der Waals surface area contributed by atoms with Crippen molar-refractivity contribution in [2.75, 3.05) is 0 Å². The molecule has 0 amide bonds. The molecule has 1 heterocycles. The van der Waals surface area contributed by atoms with Gasteiger partial charge in [0.1, 0.15) is 5.82 Å². The summed E-state index contributed by atoms with van der Waals surface area (Å²) in [6.07, 6.45) is 0. The molecule has 100 valence electrons. The summed E-state index contributed by atoms with van der Waals surface area (Å²) < 4.78 is 2.10. The summed E-state index contributed by atoms with van der Waals surface area (Å²) in [5, 5.41) is 0. The van der Waals surface area contributed by atoms with Crippen molar-refractivity contribution in [2.45, 2.75) is 6.92 Å². The smallest absolute Gasteiger partial charge is 0.138 e. The maximum Gasteiger partial charge on any atom is 0.138 e. The number of imidazole rings is 1. The number of hydrogen-bond acceptors (Lipinski definition) is 1. The minimum atomic E-state index is 0.884. The van der Waals surface area contributed by atoms with E-state index in [2.05, 4.69) is 49.0 Å². The Hall–Kier alpha value is -1.39. The van der Waals surface area contributed by atoms with Gasteiger partial charge in [0.2, 0.25) is 0 Å². The van der Waals surface area contributed by atoms with Crippen molar-refractivity contribution in [3.05, 3.63) is 63.2 Å². The van der Waals surface area contributed by atoms with Gasteiger partial charge >= 0.3 is 0 Å². The van der Waals surface area contributed by atoms with Crippen LogP contribution in [0.5, 0.6) is 0 Å². The van der Waals surface area contributed by atoms with E-state index in [1.807, 2.05) is 43.3 Å². The largest absolute Gasteiger partial charge is 0.342 e. The standard InChI is InChI=1S/C16H12Br2N2/c1-10-15(13-7-2-3-8-14(13)18)20-16(19-10)11-5-4-6-12(17)9-11/h2-9H,1H3,(H,19,20). The van der Waals surface area contributed by atoms with E-state index in [-0.39, 0.29) is 0 Å². The van der Waals surface area contributed by atoms with Gasteiger partial charge in [-0.1, -0.05) is 62.2 Å². The van der Waals surface area contributed by atoms with Crippen molar-refractivity contribution in [2.24, 2.45) is 0 Å². The summed E-state index contributed by atoms with van der Waals surface area (Å²) in [6, 6.07) is 16.2. The van der Waals surface area contributed by atoms with E-state index < -0.39 is 0 Å². The fourth-order valence-electron chi connectivity index (χ4n) is 2.15. The van der Waals surface area contributed by atoms with Crippen molar-refractivity contribution in [1.82, 2.24) is 9.97 Å². The first kappa shape index (κ1) is 13.6. The zero-order chi connectivity index (χ0) is 14.1. The first-order chi connectivity index (χ1) is 9.65. The monoisotopic (exact) mass is 390 g/mol. The number of hydrogen-bond donors (Lipinski definition) is 1. The predicted molar refractivity (Wildman–Crippen MR) is 89.6 cm³/mol. The number of aromatic amines is 1. The van der Waals surface area contributed by atoms with Gasteiger partial charge in [-0.05, 0) is 25.1 Å². The van der Waals surface area contributed by atoms with Gasteiger partial charge in [0.15, 0.2) is 0 Å². The Morgan fingerprint density at radius 3 is 2.55 bits per heavy atom. The molecule has 0 unspecified atom stereocenters. The summed E-state index contributed by atoms with van der Waals surface area (Å²) in [5.41, 5.74) is 4.21. The third-order valence-corrected chi connectivity index (χ3v) is 4.30. The number of rotatable bonds is 2. The first-order valence-electron chi connectivity index (χ1n) is 6.22. The molecule has 20 heavy (non-hydrogen) atoms. The highest BCUT2D eigenvalue weighted by Crippen LogP contribution is 2.31. The number of aromatic nitrogens is 2. The minimum Gasteiger partial charge on any atom is -0.342 e. The second-order valence-corrected chi connectivity index (χ2v) is 6.32. The van der Waals surface area contributed by atoms with Gasteiger partial charge in [-0.2, -0.15) is 0 Å². The number of aryl methyl sites for hydroxylation is 1.